The maximum atomic E-state index is 13.7. The molecule has 0 amide bonds. The molecule has 0 heterocycles. The molecule has 1 N–H and O–H groups in total. The first kappa shape index (κ1) is 14.8. The van der Waals surface area contributed by atoms with E-state index in [4.69, 9.17) is 5.11 Å². The van der Waals surface area contributed by atoms with Crippen molar-refractivity contribution in [3.05, 3.63) is 33.4 Å². The number of aromatic carboxylic acids is 1. The molecule has 0 bridgehead atoms. The first-order valence-corrected chi connectivity index (χ1v) is 15.0. The molecular weight excluding hydrogens is 355 g/mol. The number of halogens is 2. The molecule has 0 unspecified atom stereocenters. The van der Waals surface area contributed by atoms with Crippen LogP contribution in [0, 0.1) is 21.7 Å². The number of nitro groups is 1. The second-order valence-corrected chi connectivity index (χ2v) is 19.0. The molecule has 0 aliphatic heterocycles. The van der Waals surface area contributed by atoms with Crippen LogP contribution in [-0.2, 0) is 0 Å². The van der Waals surface area contributed by atoms with E-state index in [9.17, 15) is 23.7 Å². The third-order valence-corrected chi connectivity index (χ3v) is 7.94. The average molecular weight is 366 g/mol. The van der Waals surface area contributed by atoms with Crippen LogP contribution in [0.25, 0.3) is 0 Å². The van der Waals surface area contributed by atoms with E-state index in [0.29, 0.717) is 6.07 Å². The van der Waals surface area contributed by atoms with Gasteiger partial charge < -0.3 is 0 Å². The summed E-state index contributed by atoms with van der Waals surface area (Å²) >= 11 is -3.39. The molecule has 8 heteroatoms. The number of nitrogens with zero attached hydrogens (tertiary/aromatic N) is 1. The summed E-state index contributed by atoms with van der Waals surface area (Å²) in [6.07, 6.45) is 0. The van der Waals surface area contributed by atoms with Crippen molar-refractivity contribution in [3.63, 3.8) is 0 Å². The van der Waals surface area contributed by atoms with Gasteiger partial charge in [-0.25, -0.2) is 0 Å². The summed E-state index contributed by atoms with van der Waals surface area (Å²) in [4.78, 5) is 25.8. The van der Waals surface area contributed by atoms with Crippen molar-refractivity contribution in [3.8, 4) is 0 Å². The van der Waals surface area contributed by atoms with Gasteiger partial charge in [0.25, 0.3) is 0 Å². The van der Waals surface area contributed by atoms with Crippen molar-refractivity contribution >= 4 is 33.6 Å². The van der Waals surface area contributed by atoms with E-state index in [0.717, 1.165) is 0 Å². The van der Waals surface area contributed by atoms with Gasteiger partial charge in [0, 0.05) is 0 Å². The number of benzene rings is 1. The van der Waals surface area contributed by atoms with Crippen LogP contribution in [0.3, 0.4) is 0 Å². The minimum atomic E-state index is -3.39. The van der Waals surface area contributed by atoms with Gasteiger partial charge in [0.05, 0.1) is 0 Å². The quantitative estimate of drug-likeness (QED) is 0.505. The molecule has 0 atom stereocenters. The van der Waals surface area contributed by atoms with E-state index in [2.05, 4.69) is 0 Å². The van der Waals surface area contributed by atoms with E-state index in [1.807, 2.05) is 0 Å². The summed E-state index contributed by atoms with van der Waals surface area (Å²) in [6, 6.07) is 0.358. The van der Waals surface area contributed by atoms with Crippen molar-refractivity contribution in [2.75, 3.05) is 0 Å². The fourth-order valence-corrected chi connectivity index (χ4v) is 6.55. The van der Waals surface area contributed by atoms with Crippen molar-refractivity contribution < 1.29 is 23.6 Å². The summed E-state index contributed by atoms with van der Waals surface area (Å²) in [6.45, 7) is 0. The summed E-state index contributed by atoms with van der Waals surface area (Å²) in [5.74, 6) is -4.30. The second kappa shape index (κ2) is 4.79. The summed E-state index contributed by atoms with van der Waals surface area (Å²) < 4.78 is 26.7. The topological polar surface area (TPSA) is 80.4 Å². The Balaban J connectivity index is 3.87. The van der Waals surface area contributed by atoms with Gasteiger partial charge in [-0.2, -0.15) is 0 Å². The molecule has 0 aliphatic carbocycles. The average Bonchev–Trinajstić information content (AvgIpc) is 2.18. The first-order chi connectivity index (χ1) is 8.07. The Bertz CT molecular complexity index is 540. The molecule has 98 valence electrons. The van der Waals surface area contributed by atoms with Crippen molar-refractivity contribution in [1.82, 2.24) is 0 Å². The van der Waals surface area contributed by atoms with Gasteiger partial charge in [0.2, 0.25) is 0 Å². The maximum absolute atomic E-state index is 13.7. The van der Waals surface area contributed by atoms with E-state index in [1.54, 1.807) is 14.8 Å². The predicted molar refractivity (Wildman–Crippen MR) is 63.0 cm³/mol. The molecule has 0 fully saturated rings. The summed E-state index contributed by atoms with van der Waals surface area (Å²) in [7, 11) is 0. The summed E-state index contributed by atoms with van der Waals surface area (Å²) in [5, 5.41) is 19.8. The summed E-state index contributed by atoms with van der Waals surface area (Å²) in [5.41, 5.74) is -1.62. The number of carbonyl (C=O) groups is 1. The van der Waals surface area contributed by atoms with Gasteiger partial charge in [-0.15, -0.1) is 0 Å². The Kier molecular flexibility index (Phi) is 3.94. The van der Waals surface area contributed by atoms with Gasteiger partial charge in [-0.3, -0.25) is 0 Å². The van der Waals surface area contributed by atoms with Gasteiger partial charge in [0.15, 0.2) is 0 Å². The predicted octanol–water partition coefficient (Wildman–Crippen LogP) is 2.12. The Labute approximate surface area is 105 Å². The molecule has 0 aliphatic rings. The van der Waals surface area contributed by atoms with Crippen LogP contribution in [-0.4, -0.2) is 34.4 Å². The second-order valence-electron chi connectivity index (χ2n) is 4.76. The zero-order chi connectivity index (χ0) is 14.2. The van der Waals surface area contributed by atoms with E-state index in [1.165, 1.54) is 0 Å². The number of hydrogen-bond acceptors (Lipinski definition) is 3. The van der Waals surface area contributed by atoms with Crippen molar-refractivity contribution in [1.29, 1.82) is 0 Å². The standard InChI is InChI=1S/C7H2F2NO4.3CH3.Sn/c8-4-1-3(7(11)12)6(10(13)14)2-5(4)9;;;;/h1H,(H,11,12);3*1H3;. The Morgan fingerprint density at radius 2 is 1.89 bits per heavy atom. The number of rotatable bonds is 3. The minimum absolute atomic E-state index is 0.341. The van der Waals surface area contributed by atoms with Gasteiger partial charge in [-0.1, -0.05) is 0 Å². The van der Waals surface area contributed by atoms with Crippen LogP contribution in [0.2, 0.25) is 14.8 Å². The first-order valence-electron chi connectivity index (χ1n) is 4.97. The molecule has 1 aromatic carbocycles. The molecule has 0 aromatic heterocycles. The van der Waals surface area contributed by atoms with E-state index >= 15 is 0 Å². The molecule has 0 saturated heterocycles. The Hall–Kier alpha value is -1.25. The molecule has 18 heavy (non-hydrogen) atoms. The zero-order valence-corrected chi connectivity index (χ0v) is 12.8. The molecule has 0 spiro atoms. The van der Waals surface area contributed by atoms with Crippen LogP contribution in [0.4, 0.5) is 14.5 Å². The van der Waals surface area contributed by atoms with Gasteiger partial charge in [-0.05, 0) is 0 Å². The van der Waals surface area contributed by atoms with Gasteiger partial charge >= 0.3 is 105 Å². The molecule has 0 saturated carbocycles. The molecule has 5 nitrogen and oxygen atoms in total. The fourth-order valence-electron chi connectivity index (χ4n) is 1.65. The SMILES string of the molecule is [CH3][Sn]([CH3])([CH3])[c]1c(F)c(F)cc(C(=O)O)c1[N+](=O)[O-]. The number of hydrogen-bond donors (Lipinski definition) is 1. The van der Waals surface area contributed by atoms with Crippen LogP contribution in [0.5, 0.6) is 0 Å². The third kappa shape index (κ3) is 2.60. The van der Waals surface area contributed by atoms with Crippen LogP contribution in [0.15, 0.2) is 6.07 Å². The van der Waals surface area contributed by atoms with Crippen LogP contribution in [0.1, 0.15) is 10.4 Å². The monoisotopic (exact) mass is 367 g/mol. The Morgan fingerprint density at radius 1 is 1.39 bits per heavy atom. The normalized spacial score (nSPS) is 11.4. The van der Waals surface area contributed by atoms with E-state index in [-0.39, 0.29) is 3.58 Å². The molecular formula is C10H11F2NO4Sn. The number of carboxylic acid groups (broad SMARTS) is 1. The molecule has 1 rings (SSSR count). The van der Waals surface area contributed by atoms with Crippen LogP contribution < -0.4 is 3.58 Å². The van der Waals surface area contributed by atoms with Gasteiger partial charge in [0.1, 0.15) is 0 Å². The zero-order valence-electron chi connectivity index (χ0n) is 9.95. The van der Waals surface area contributed by atoms with Crippen LogP contribution >= 0.6 is 0 Å². The van der Waals surface area contributed by atoms with Crippen molar-refractivity contribution in [2.45, 2.75) is 14.8 Å². The molecule has 0 radical (unpaired) electrons. The Morgan fingerprint density at radius 3 is 2.22 bits per heavy atom. The van der Waals surface area contributed by atoms with Crippen molar-refractivity contribution in [2.24, 2.45) is 0 Å². The number of carboxylic acids is 1. The molecule has 1 aromatic rings. The fraction of sp³-hybridized carbons (Fsp3) is 0.300. The number of nitro benzene ring substituents is 1. The van der Waals surface area contributed by atoms with E-state index < -0.39 is 52.2 Å². The third-order valence-electron chi connectivity index (χ3n) is 2.36.